The molecule has 3 aromatic rings. The van der Waals surface area contributed by atoms with Crippen LogP contribution in [0.1, 0.15) is 60.3 Å². The lowest BCUT2D eigenvalue weighted by Gasteiger charge is -2.32. The first-order valence-corrected chi connectivity index (χ1v) is 16.3. The molecule has 2 aromatic carbocycles. The number of fused-ring (bicyclic) bond motifs is 1. The van der Waals surface area contributed by atoms with Crippen molar-refractivity contribution in [3.63, 3.8) is 0 Å². The number of rotatable bonds is 5. The zero-order valence-electron chi connectivity index (χ0n) is 21.8. The highest BCUT2D eigenvalue weighted by atomic mass is 32.1. The first-order valence-electron chi connectivity index (χ1n) is 12.5. The molecule has 2 heterocycles. The van der Waals surface area contributed by atoms with Gasteiger partial charge >= 0.3 is 6.09 Å². The molecule has 1 aliphatic heterocycles. The fourth-order valence-electron chi connectivity index (χ4n) is 4.72. The maximum Gasteiger partial charge on any atom is 0.407 e. The van der Waals surface area contributed by atoms with Crippen LogP contribution >= 0.6 is 11.3 Å². The molecule has 6 nitrogen and oxygen atoms in total. The number of nitrogens with one attached hydrogen (secondary N) is 1. The lowest BCUT2D eigenvalue weighted by Crippen LogP contribution is -2.41. The number of amides is 2. The molecule has 0 radical (unpaired) electrons. The van der Waals surface area contributed by atoms with E-state index >= 15 is 0 Å². The summed E-state index contributed by atoms with van der Waals surface area (Å²) in [4.78, 5) is 38.7. The molecule has 0 bridgehead atoms. The minimum absolute atomic E-state index is 0.0772. The summed E-state index contributed by atoms with van der Waals surface area (Å²) in [6, 6.07) is 16.3. The molecule has 0 aliphatic carbocycles. The number of carbonyl (C=O) groups is 2. The third kappa shape index (κ3) is 6.35. The van der Waals surface area contributed by atoms with Crippen LogP contribution < -0.4 is 10.5 Å². The number of ether oxygens (including phenoxy) is 1. The molecule has 0 saturated carbocycles. The number of piperidine rings is 1. The van der Waals surface area contributed by atoms with Gasteiger partial charge < -0.3 is 19.7 Å². The predicted molar refractivity (Wildman–Crippen MR) is 149 cm³/mol. The SMILES string of the molecule is CC(C)(C)OC(=O)NCc1cccc(C2CCN(C(=O)c3cc4c([Si](C)(C)O)cccc4s3)CC2)c1. The number of hydrogen-bond donors (Lipinski definition) is 2. The Hall–Kier alpha value is -2.68. The second kappa shape index (κ2) is 10.4. The van der Waals surface area contributed by atoms with E-state index in [1.165, 1.54) is 16.9 Å². The molecule has 0 unspecified atom stereocenters. The normalized spacial score (nSPS) is 15.2. The largest absolute Gasteiger partial charge is 0.444 e. The van der Waals surface area contributed by atoms with Gasteiger partial charge in [0.15, 0.2) is 0 Å². The van der Waals surface area contributed by atoms with Crippen molar-refractivity contribution in [3.05, 3.63) is 64.5 Å². The minimum atomic E-state index is -2.48. The standard InChI is InChI=1S/C28H36N2O4SSi/c1-28(2,3)34-27(32)29-18-19-8-6-9-21(16-19)20-12-14-30(15-13-20)26(31)24-17-22-23(35-24)10-7-11-25(22)36(4,5)33/h6-11,16-17,20,33H,12-15,18H2,1-5H3,(H,29,32). The van der Waals surface area contributed by atoms with Crippen LogP contribution in [0.15, 0.2) is 48.5 Å². The molecule has 1 saturated heterocycles. The van der Waals surface area contributed by atoms with Gasteiger partial charge in [-0.1, -0.05) is 36.4 Å². The maximum absolute atomic E-state index is 13.3. The molecule has 0 atom stereocenters. The molecular weight excluding hydrogens is 488 g/mol. The fourth-order valence-corrected chi connectivity index (χ4v) is 7.23. The lowest BCUT2D eigenvalue weighted by molar-refractivity contribution is 0.0523. The van der Waals surface area contributed by atoms with E-state index in [1.807, 2.05) is 75.2 Å². The van der Waals surface area contributed by atoms with Gasteiger partial charge in [0.25, 0.3) is 5.91 Å². The van der Waals surface area contributed by atoms with Gasteiger partial charge in [0.1, 0.15) is 5.60 Å². The summed E-state index contributed by atoms with van der Waals surface area (Å²) in [7, 11) is -2.48. The smallest absolute Gasteiger partial charge is 0.407 e. The maximum atomic E-state index is 13.3. The number of hydrogen-bond acceptors (Lipinski definition) is 5. The zero-order valence-corrected chi connectivity index (χ0v) is 23.6. The number of benzene rings is 2. The molecule has 8 heteroatoms. The average molecular weight is 525 g/mol. The summed E-state index contributed by atoms with van der Waals surface area (Å²) in [6.07, 6.45) is 1.39. The van der Waals surface area contributed by atoms with Crippen LogP contribution in [-0.4, -0.2) is 48.7 Å². The van der Waals surface area contributed by atoms with Crippen molar-refractivity contribution in [1.29, 1.82) is 0 Å². The third-order valence-corrected chi connectivity index (χ3v) is 9.31. The van der Waals surface area contributed by atoms with Gasteiger partial charge in [0.05, 0.1) is 4.88 Å². The molecular formula is C28H36N2O4SSi. The Morgan fingerprint density at radius 2 is 1.81 bits per heavy atom. The van der Waals surface area contributed by atoms with Gasteiger partial charge in [0.2, 0.25) is 8.32 Å². The van der Waals surface area contributed by atoms with Crippen molar-refractivity contribution in [1.82, 2.24) is 10.2 Å². The molecule has 0 spiro atoms. The van der Waals surface area contributed by atoms with E-state index < -0.39 is 20.0 Å². The Labute approximate surface area is 218 Å². The summed E-state index contributed by atoms with van der Waals surface area (Å²) >= 11 is 1.51. The summed E-state index contributed by atoms with van der Waals surface area (Å²) in [5.41, 5.74) is 1.76. The molecule has 192 valence electrons. The number of thiophene rings is 1. The number of alkyl carbamates (subject to hydrolysis) is 1. The van der Waals surface area contributed by atoms with Crippen molar-refractivity contribution in [2.24, 2.45) is 0 Å². The van der Waals surface area contributed by atoms with E-state index in [4.69, 9.17) is 4.74 Å². The minimum Gasteiger partial charge on any atom is -0.444 e. The highest BCUT2D eigenvalue weighted by molar-refractivity contribution is 7.21. The van der Waals surface area contributed by atoms with E-state index in [1.54, 1.807) is 0 Å². The number of likely N-dealkylation sites (tertiary alicyclic amines) is 1. The molecule has 4 rings (SSSR count). The van der Waals surface area contributed by atoms with Crippen molar-refractivity contribution in [2.75, 3.05) is 13.1 Å². The highest BCUT2D eigenvalue weighted by Gasteiger charge is 2.28. The second-order valence-corrected chi connectivity index (χ2v) is 15.8. The van der Waals surface area contributed by atoms with E-state index in [-0.39, 0.29) is 5.91 Å². The Balaban J connectivity index is 1.38. The van der Waals surface area contributed by atoms with Crippen LogP contribution in [0, 0.1) is 0 Å². The molecule has 2 amide bonds. The summed E-state index contributed by atoms with van der Waals surface area (Å²) in [6.45, 7) is 11.2. The fraction of sp³-hybridized carbons (Fsp3) is 0.429. The van der Waals surface area contributed by atoms with Crippen LogP contribution in [0.3, 0.4) is 0 Å². The Morgan fingerprint density at radius 3 is 2.47 bits per heavy atom. The molecule has 36 heavy (non-hydrogen) atoms. The van der Waals surface area contributed by atoms with Crippen molar-refractivity contribution < 1.29 is 19.1 Å². The molecule has 1 aromatic heterocycles. The van der Waals surface area contributed by atoms with Gasteiger partial charge in [-0.3, -0.25) is 4.79 Å². The van der Waals surface area contributed by atoms with Crippen molar-refractivity contribution >= 4 is 46.9 Å². The molecule has 1 fully saturated rings. The van der Waals surface area contributed by atoms with Crippen molar-refractivity contribution in [2.45, 2.75) is 64.8 Å². The average Bonchev–Trinajstić information content (AvgIpc) is 3.25. The van der Waals surface area contributed by atoms with E-state index in [0.29, 0.717) is 25.6 Å². The van der Waals surface area contributed by atoms with E-state index in [9.17, 15) is 14.4 Å². The van der Waals surface area contributed by atoms with E-state index in [2.05, 4.69) is 17.4 Å². The van der Waals surface area contributed by atoms with Crippen LogP contribution in [0.4, 0.5) is 4.79 Å². The number of nitrogens with zero attached hydrogens (tertiary/aromatic N) is 1. The van der Waals surface area contributed by atoms with Crippen LogP contribution in [0.2, 0.25) is 13.1 Å². The summed E-state index contributed by atoms with van der Waals surface area (Å²) in [5, 5.41) is 4.82. The predicted octanol–water partition coefficient (Wildman–Crippen LogP) is 5.35. The first kappa shape index (κ1) is 26.4. The van der Waals surface area contributed by atoms with E-state index in [0.717, 1.165) is 38.6 Å². The van der Waals surface area contributed by atoms with Gasteiger partial charge in [-0.2, -0.15) is 0 Å². The summed E-state index contributed by atoms with van der Waals surface area (Å²) in [5.74, 6) is 0.457. The topological polar surface area (TPSA) is 78.9 Å². The summed E-state index contributed by atoms with van der Waals surface area (Å²) < 4.78 is 6.37. The first-order chi connectivity index (χ1) is 16.9. The lowest BCUT2D eigenvalue weighted by atomic mass is 9.88. The third-order valence-electron chi connectivity index (χ3n) is 6.47. The van der Waals surface area contributed by atoms with Gasteiger partial charge in [0, 0.05) is 24.3 Å². The molecule has 2 N–H and O–H groups in total. The highest BCUT2D eigenvalue weighted by Crippen LogP contribution is 2.31. The van der Waals surface area contributed by atoms with Crippen LogP contribution in [0.25, 0.3) is 10.1 Å². The van der Waals surface area contributed by atoms with Gasteiger partial charge in [-0.25, -0.2) is 4.79 Å². The van der Waals surface area contributed by atoms with Crippen LogP contribution in [0.5, 0.6) is 0 Å². The number of carbonyl (C=O) groups excluding carboxylic acids is 2. The van der Waals surface area contributed by atoms with Gasteiger partial charge in [-0.15, -0.1) is 11.3 Å². The van der Waals surface area contributed by atoms with Gasteiger partial charge in [-0.05, 0) is 86.5 Å². The second-order valence-electron chi connectivity index (χ2n) is 11.1. The van der Waals surface area contributed by atoms with Crippen molar-refractivity contribution in [3.8, 4) is 0 Å². The zero-order chi connectivity index (χ0) is 26.1. The Kier molecular flexibility index (Phi) is 7.59. The van der Waals surface area contributed by atoms with Crippen LogP contribution in [-0.2, 0) is 11.3 Å². The Morgan fingerprint density at radius 1 is 1.11 bits per heavy atom. The quantitative estimate of drug-likeness (QED) is 0.441. The monoisotopic (exact) mass is 524 g/mol. The molecule has 1 aliphatic rings. The Bertz CT molecular complexity index is 1250.